The van der Waals surface area contributed by atoms with E-state index in [1.165, 1.54) is 0 Å². The van der Waals surface area contributed by atoms with Crippen LogP contribution in [0.5, 0.6) is 5.75 Å². The molecule has 0 spiro atoms. The number of hydrogen-bond acceptors (Lipinski definition) is 3. The molecule has 1 unspecified atom stereocenters. The molecule has 0 aliphatic rings. The van der Waals surface area contributed by atoms with Crippen molar-refractivity contribution < 1.29 is 9.53 Å². The molecule has 0 aromatic heterocycles. The molecule has 1 rings (SSSR count). The zero-order valence-corrected chi connectivity index (χ0v) is 12.3. The number of carbonyl (C=O) groups excluding carboxylic acids is 1. The molecule has 19 heavy (non-hydrogen) atoms. The number of hydrogen-bond donors (Lipinski definition) is 1. The Morgan fingerprint density at radius 3 is 2.79 bits per heavy atom. The van der Waals surface area contributed by atoms with E-state index < -0.39 is 0 Å². The third-order valence-electron chi connectivity index (χ3n) is 2.91. The van der Waals surface area contributed by atoms with Crippen LogP contribution in [0, 0.1) is 0 Å². The third kappa shape index (κ3) is 5.64. The first-order valence-corrected chi connectivity index (χ1v) is 6.73. The van der Waals surface area contributed by atoms with Gasteiger partial charge in [-0.25, -0.2) is 0 Å². The number of nitrogens with one attached hydrogen (secondary N) is 1. The van der Waals surface area contributed by atoms with E-state index in [0.29, 0.717) is 13.0 Å². The molecule has 0 aliphatic carbocycles. The summed E-state index contributed by atoms with van der Waals surface area (Å²) in [5.41, 5.74) is 0.979. The van der Waals surface area contributed by atoms with Gasteiger partial charge in [0.1, 0.15) is 5.75 Å². The molecule has 1 aromatic carbocycles. The Kier molecular flexibility index (Phi) is 6.19. The fourth-order valence-electron chi connectivity index (χ4n) is 1.53. The van der Waals surface area contributed by atoms with Gasteiger partial charge in [0, 0.05) is 38.8 Å². The van der Waals surface area contributed by atoms with Crippen molar-refractivity contribution in [3.63, 3.8) is 0 Å². The molecule has 0 radical (unpaired) electrons. The zero-order chi connectivity index (χ0) is 14.3. The SMILES string of the molecule is CCC(C)Oc1cccc(NCCC(=O)N(C)C)c1. The second-order valence-corrected chi connectivity index (χ2v) is 4.83. The van der Waals surface area contributed by atoms with Gasteiger partial charge in [0.25, 0.3) is 0 Å². The van der Waals surface area contributed by atoms with E-state index >= 15 is 0 Å². The summed E-state index contributed by atoms with van der Waals surface area (Å²) in [7, 11) is 3.53. The molecule has 0 bridgehead atoms. The second kappa shape index (κ2) is 7.67. The number of anilines is 1. The average molecular weight is 264 g/mol. The Balaban J connectivity index is 2.46. The first-order chi connectivity index (χ1) is 9.02. The lowest BCUT2D eigenvalue weighted by atomic mass is 10.2. The highest BCUT2D eigenvalue weighted by atomic mass is 16.5. The Morgan fingerprint density at radius 1 is 1.42 bits per heavy atom. The van der Waals surface area contributed by atoms with Crippen molar-refractivity contribution in [1.29, 1.82) is 0 Å². The van der Waals surface area contributed by atoms with Crippen LogP contribution < -0.4 is 10.1 Å². The van der Waals surface area contributed by atoms with Gasteiger partial charge in [0.2, 0.25) is 5.91 Å². The summed E-state index contributed by atoms with van der Waals surface area (Å²) >= 11 is 0. The molecule has 0 fully saturated rings. The van der Waals surface area contributed by atoms with Crippen LogP contribution in [0.1, 0.15) is 26.7 Å². The number of carbonyl (C=O) groups is 1. The van der Waals surface area contributed by atoms with Crippen LogP contribution in [0.3, 0.4) is 0 Å². The highest BCUT2D eigenvalue weighted by molar-refractivity contribution is 5.76. The van der Waals surface area contributed by atoms with E-state index in [-0.39, 0.29) is 12.0 Å². The monoisotopic (exact) mass is 264 g/mol. The normalized spacial score (nSPS) is 11.8. The van der Waals surface area contributed by atoms with Gasteiger partial charge in [-0.1, -0.05) is 13.0 Å². The number of nitrogens with zero attached hydrogens (tertiary/aromatic N) is 1. The quantitative estimate of drug-likeness (QED) is 0.823. The standard InChI is InChI=1S/C15H24N2O2/c1-5-12(2)19-14-8-6-7-13(11-14)16-10-9-15(18)17(3)4/h6-8,11-12,16H,5,9-10H2,1-4H3. The van der Waals surface area contributed by atoms with Crippen molar-refractivity contribution in [2.75, 3.05) is 26.0 Å². The maximum Gasteiger partial charge on any atom is 0.223 e. The van der Waals surface area contributed by atoms with E-state index in [1.54, 1.807) is 19.0 Å². The summed E-state index contributed by atoms with van der Waals surface area (Å²) in [5.74, 6) is 0.984. The van der Waals surface area contributed by atoms with Crippen molar-refractivity contribution in [3.05, 3.63) is 24.3 Å². The van der Waals surface area contributed by atoms with Crippen LogP contribution in [-0.4, -0.2) is 37.6 Å². The fourth-order valence-corrected chi connectivity index (χ4v) is 1.53. The molecule has 0 aliphatic heterocycles. The van der Waals surface area contributed by atoms with Gasteiger partial charge in [-0.15, -0.1) is 0 Å². The lowest BCUT2D eigenvalue weighted by Gasteiger charge is -2.14. The zero-order valence-electron chi connectivity index (χ0n) is 12.3. The van der Waals surface area contributed by atoms with E-state index in [0.717, 1.165) is 17.9 Å². The van der Waals surface area contributed by atoms with Crippen molar-refractivity contribution in [1.82, 2.24) is 4.90 Å². The second-order valence-electron chi connectivity index (χ2n) is 4.83. The smallest absolute Gasteiger partial charge is 0.223 e. The number of ether oxygens (including phenoxy) is 1. The molecular formula is C15H24N2O2. The van der Waals surface area contributed by atoms with Crippen LogP contribution in [0.15, 0.2) is 24.3 Å². The largest absolute Gasteiger partial charge is 0.491 e. The maximum absolute atomic E-state index is 11.4. The highest BCUT2D eigenvalue weighted by Crippen LogP contribution is 2.19. The van der Waals surface area contributed by atoms with Gasteiger partial charge in [-0.2, -0.15) is 0 Å². The summed E-state index contributed by atoms with van der Waals surface area (Å²) < 4.78 is 5.75. The van der Waals surface area contributed by atoms with Gasteiger partial charge in [0.05, 0.1) is 6.10 Å². The topological polar surface area (TPSA) is 41.6 Å². The summed E-state index contributed by atoms with van der Waals surface area (Å²) in [6.07, 6.45) is 1.68. The third-order valence-corrected chi connectivity index (χ3v) is 2.91. The highest BCUT2D eigenvalue weighted by Gasteiger charge is 2.04. The summed E-state index contributed by atoms with van der Waals surface area (Å²) in [6, 6.07) is 7.84. The predicted octanol–water partition coefficient (Wildman–Crippen LogP) is 2.75. The van der Waals surface area contributed by atoms with E-state index in [9.17, 15) is 4.79 Å². The first kappa shape index (κ1) is 15.3. The first-order valence-electron chi connectivity index (χ1n) is 6.73. The molecule has 4 heteroatoms. The molecule has 1 amide bonds. The predicted molar refractivity (Wildman–Crippen MR) is 78.6 cm³/mol. The molecule has 0 heterocycles. The van der Waals surface area contributed by atoms with Gasteiger partial charge in [-0.05, 0) is 25.5 Å². The maximum atomic E-state index is 11.4. The van der Waals surface area contributed by atoms with Gasteiger partial charge < -0.3 is 15.0 Å². The summed E-state index contributed by atoms with van der Waals surface area (Å²) in [5, 5.41) is 3.23. The van der Waals surface area contributed by atoms with Crippen molar-refractivity contribution in [2.24, 2.45) is 0 Å². The minimum Gasteiger partial charge on any atom is -0.491 e. The van der Waals surface area contributed by atoms with E-state index in [2.05, 4.69) is 19.2 Å². The Morgan fingerprint density at radius 2 is 2.16 bits per heavy atom. The molecule has 106 valence electrons. The Hall–Kier alpha value is -1.71. The number of rotatable bonds is 7. The van der Waals surface area contributed by atoms with Crippen molar-refractivity contribution in [2.45, 2.75) is 32.8 Å². The van der Waals surface area contributed by atoms with Crippen LogP contribution >= 0.6 is 0 Å². The van der Waals surface area contributed by atoms with Gasteiger partial charge in [0.15, 0.2) is 0 Å². The fraction of sp³-hybridized carbons (Fsp3) is 0.533. The molecule has 0 saturated heterocycles. The molecule has 4 nitrogen and oxygen atoms in total. The minimum absolute atomic E-state index is 0.125. The lowest BCUT2D eigenvalue weighted by Crippen LogP contribution is -2.23. The Bertz CT molecular complexity index is 405. The van der Waals surface area contributed by atoms with Crippen LogP contribution in [0.25, 0.3) is 0 Å². The van der Waals surface area contributed by atoms with Crippen molar-refractivity contribution >= 4 is 11.6 Å². The van der Waals surface area contributed by atoms with Gasteiger partial charge >= 0.3 is 0 Å². The van der Waals surface area contributed by atoms with E-state index in [1.807, 2.05) is 24.3 Å². The molecule has 0 saturated carbocycles. The number of benzene rings is 1. The van der Waals surface area contributed by atoms with Crippen molar-refractivity contribution in [3.8, 4) is 5.75 Å². The summed E-state index contributed by atoms with van der Waals surface area (Å²) in [4.78, 5) is 13.0. The molecule has 1 aromatic rings. The molecule has 1 atom stereocenters. The average Bonchev–Trinajstić information content (AvgIpc) is 2.38. The molecular weight excluding hydrogens is 240 g/mol. The van der Waals surface area contributed by atoms with Crippen LogP contribution in [0.2, 0.25) is 0 Å². The summed E-state index contributed by atoms with van der Waals surface area (Å²) in [6.45, 7) is 4.78. The van der Waals surface area contributed by atoms with Gasteiger partial charge in [-0.3, -0.25) is 4.79 Å². The molecule has 1 N–H and O–H groups in total. The van der Waals surface area contributed by atoms with E-state index in [4.69, 9.17) is 4.74 Å². The number of amides is 1. The Labute approximate surface area is 115 Å². The van der Waals surface area contributed by atoms with Crippen LogP contribution in [-0.2, 0) is 4.79 Å². The lowest BCUT2D eigenvalue weighted by molar-refractivity contribution is -0.128. The minimum atomic E-state index is 0.125. The van der Waals surface area contributed by atoms with Crippen LogP contribution in [0.4, 0.5) is 5.69 Å².